The molecule has 4 heteroatoms. The molecule has 0 fully saturated rings. The Morgan fingerprint density at radius 1 is 1.36 bits per heavy atom. The summed E-state index contributed by atoms with van der Waals surface area (Å²) >= 11 is 0. The lowest BCUT2D eigenvalue weighted by Crippen LogP contribution is -2.36. The van der Waals surface area contributed by atoms with Crippen molar-refractivity contribution in [2.24, 2.45) is 0 Å². The van der Waals surface area contributed by atoms with Gasteiger partial charge in [-0.3, -0.25) is 4.90 Å². The van der Waals surface area contributed by atoms with E-state index < -0.39 is 5.60 Å². The molecule has 0 saturated heterocycles. The van der Waals surface area contributed by atoms with E-state index in [1.54, 1.807) is 0 Å². The molecule has 0 atom stereocenters. The summed E-state index contributed by atoms with van der Waals surface area (Å²) in [6.07, 6.45) is 1.74. The second kappa shape index (κ2) is 7.14. The number of amides is 1. The van der Waals surface area contributed by atoms with Crippen LogP contribution in [0.25, 0.3) is 0 Å². The summed E-state index contributed by atoms with van der Waals surface area (Å²) in [4.78, 5) is 14.0. The average molecular weight is 304 g/mol. The van der Waals surface area contributed by atoms with Crippen molar-refractivity contribution in [1.82, 2.24) is 10.2 Å². The Bertz CT molecular complexity index is 520. The minimum Gasteiger partial charge on any atom is -0.444 e. The minimum absolute atomic E-state index is 0.327. The molecule has 1 aromatic carbocycles. The SMILES string of the molecule is Cc1cccc2c1CCN(CCCNC(=O)OC(C)(C)C)C2. The Morgan fingerprint density at radius 3 is 2.86 bits per heavy atom. The van der Waals surface area contributed by atoms with Crippen molar-refractivity contribution < 1.29 is 9.53 Å². The van der Waals surface area contributed by atoms with Gasteiger partial charge in [-0.1, -0.05) is 18.2 Å². The van der Waals surface area contributed by atoms with Crippen LogP contribution >= 0.6 is 0 Å². The first kappa shape index (κ1) is 16.8. The minimum atomic E-state index is -0.432. The van der Waals surface area contributed by atoms with Crippen molar-refractivity contribution in [1.29, 1.82) is 0 Å². The maximum Gasteiger partial charge on any atom is 0.407 e. The van der Waals surface area contributed by atoms with Crippen LogP contribution in [0, 0.1) is 6.92 Å². The van der Waals surface area contributed by atoms with Crippen LogP contribution in [-0.2, 0) is 17.7 Å². The van der Waals surface area contributed by atoms with Gasteiger partial charge in [0.1, 0.15) is 5.60 Å². The Kier molecular flexibility index (Phi) is 5.46. The zero-order valence-corrected chi connectivity index (χ0v) is 14.2. The third-order valence-corrected chi connectivity index (χ3v) is 3.90. The second-order valence-electron chi connectivity index (χ2n) is 7.02. The Balaban J connectivity index is 1.70. The third-order valence-electron chi connectivity index (χ3n) is 3.90. The van der Waals surface area contributed by atoms with Gasteiger partial charge < -0.3 is 10.1 Å². The number of ether oxygens (including phenoxy) is 1. The first-order valence-electron chi connectivity index (χ1n) is 8.12. The Morgan fingerprint density at radius 2 is 2.14 bits per heavy atom. The molecule has 2 rings (SSSR count). The number of carbonyl (C=O) groups is 1. The van der Waals surface area contributed by atoms with Gasteiger partial charge in [0, 0.05) is 26.2 Å². The van der Waals surface area contributed by atoms with Gasteiger partial charge in [-0.2, -0.15) is 0 Å². The molecule has 0 saturated carbocycles. The van der Waals surface area contributed by atoms with Crippen molar-refractivity contribution in [2.75, 3.05) is 19.6 Å². The van der Waals surface area contributed by atoms with Crippen LogP contribution in [0.5, 0.6) is 0 Å². The molecule has 1 aliphatic heterocycles. The van der Waals surface area contributed by atoms with Crippen LogP contribution in [0.2, 0.25) is 0 Å². The second-order valence-corrected chi connectivity index (χ2v) is 7.02. The van der Waals surface area contributed by atoms with Crippen molar-refractivity contribution >= 4 is 6.09 Å². The topological polar surface area (TPSA) is 41.6 Å². The third kappa shape index (κ3) is 5.02. The normalized spacial score (nSPS) is 15.3. The number of benzene rings is 1. The van der Waals surface area contributed by atoms with E-state index in [0.29, 0.717) is 6.54 Å². The molecule has 0 unspecified atom stereocenters. The van der Waals surface area contributed by atoms with Crippen LogP contribution in [-0.4, -0.2) is 36.2 Å². The lowest BCUT2D eigenvalue weighted by Gasteiger charge is -2.29. The predicted octanol–water partition coefficient (Wildman–Crippen LogP) is 3.27. The van der Waals surface area contributed by atoms with E-state index in [2.05, 4.69) is 35.3 Å². The molecule has 1 aromatic rings. The fourth-order valence-electron chi connectivity index (χ4n) is 2.86. The monoisotopic (exact) mass is 304 g/mol. The van der Waals surface area contributed by atoms with E-state index in [0.717, 1.165) is 32.5 Å². The van der Waals surface area contributed by atoms with Crippen molar-refractivity contribution in [3.8, 4) is 0 Å². The molecule has 4 nitrogen and oxygen atoms in total. The molecular weight excluding hydrogens is 276 g/mol. The number of fused-ring (bicyclic) bond motifs is 1. The highest BCUT2D eigenvalue weighted by Gasteiger charge is 2.18. The molecule has 1 heterocycles. The van der Waals surface area contributed by atoms with Crippen molar-refractivity contribution in [3.63, 3.8) is 0 Å². The summed E-state index contributed by atoms with van der Waals surface area (Å²) in [5.41, 5.74) is 3.94. The van der Waals surface area contributed by atoms with Crippen molar-refractivity contribution in [3.05, 3.63) is 34.9 Å². The molecule has 122 valence electrons. The van der Waals surface area contributed by atoms with E-state index in [9.17, 15) is 4.79 Å². The maximum atomic E-state index is 11.6. The van der Waals surface area contributed by atoms with Crippen LogP contribution in [0.15, 0.2) is 18.2 Å². The van der Waals surface area contributed by atoms with E-state index in [1.807, 2.05) is 20.8 Å². The molecular formula is C18H28N2O2. The molecule has 0 radical (unpaired) electrons. The van der Waals surface area contributed by atoms with E-state index >= 15 is 0 Å². The van der Waals surface area contributed by atoms with E-state index in [4.69, 9.17) is 4.74 Å². The highest BCUT2D eigenvalue weighted by atomic mass is 16.6. The maximum absolute atomic E-state index is 11.6. The standard InChI is InChI=1S/C18H28N2O2/c1-14-7-5-8-15-13-20(12-9-16(14)15)11-6-10-19-17(21)22-18(2,3)4/h5,7-8H,6,9-13H2,1-4H3,(H,19,21). The van der Waals surface area contributed by atoms with Crippen LogP contribution in [0.4, 0.5) is 4.79 Å². The van der Waals surface area contributed by atoms with Gasteiger partial charge >= 0.3 is 6.09 Å². The first-order chi connectivity index (χ1) is 10.3. The molecule has 1 aliphatic rings. The number of hydrogen-bond acceptors (Lipinski definition) is 3. The number of aryl methyl sites for hydroxylation is 1. The van der Waals surface area contributed by atoms with Crippen LogP contribution < -0.4 is 5.32 Å². The highest BCUT2D eigenvalue weighted by molar-refractivity contribution is 5.67. The van der Waals surface area contributed by atoms with Crippen LogP contribution in [0.3, 0.4) is 0 Å². The molecule has 0 spiro atoms. The number of rotatable bonds is 4. The number of nitrogens with one attached hydrogen (secondary N) is 1. The molecule has 1 amide bonds. The number of alkyl carbamates (subject to hydrolysis) is 1. The smallest absolute Gasteiger partial charge is 0.407 e. The zero-order chi connectivity index (χ0) is 16.2. The van der Waals surface area contributed by atoms with Gasteiger partial charge in [-0.25, -0.2) is 4.79 Å². The lowest BCUT2D eigenvalue weighted by molar-refractivity contribution is 0.0525. The summed E-state index contributed by atoms with van der Waals surface area (Å²) in [6.45, 7) is 11.6. The predicted molar refractivity (Wildman–Crippen MR) is 89.0 cm³/mol. The Labute approximate surface area is 133 Å². The van der Waals surface area contributed by atoms with Gasteiger partial charge in [-0.05, 0) is 57.2 Å². The molecule has 1 N–H and O–H groups in total. The lowest BCUT2D eigenvalue weighted by atomic mass is 9.95. The largest absolute Gasteiger partial charge is 0.444 e. The highest BCUT2D eigenvalue weighted by Crippen LogP contribution is 2.21. The summed E-state index contributed by atoms with van der Waals surface area (Å²) in [6, 6.07) is 6.56. The summed E-state index contributed by atoms with van der Waals surface area (Å²) < 4.78 is 5.23. The first-order valence-corrected chi connectivity index (χ1v) is 8.12. The van der Waals surface area contributed by atoms with Gasteiger partial charge in [0.05, 0.1) is 0 Å². The van der Waals surface area contributed by atoms with E-state index in [1.165, 1.54) is 16.7 Å². The number of hydrogen-bond donors (Lipinski definition) is 1. The fourth-order valence-corrected chi connectivity index (χ4v) is 2.86. The zero-order valence-electron chi connectivity index (χ0n) is 14.2. The van der Waals surface area contributed by atoms with Gasteiger partial charge in [0.15, 0.2) is 0 Å². The number of carbonyl (C=O) groups excluding carboxylic acids is 1. The summed E-state index contributed by atoms with van der Waals surface area (Å²) in [5, 5.41) is 2.82. The van der Waals surface area contributed by atoms with Gasteiger partial charge in [-0.15, -0.1) is 0 Å². The average Bonchev–Trinajstić information content (AvgIpc) is 2.42. The van der Waals surface area contributed by atoms with E-state index in [-0.39, 0.29) is 6.09 Å². The van der Waals surface area contributed by atoms with Gasteiger partial charge in [0.2, 0.25) is 0 Å². The van der Waals surface area contributed by atoms with Gasteiger partial charge in [0.25, 0.3) is 0 Å². The van der Waals surface area contributed by atoms with Crippen LogP contribution in [0.1, 0.15) is 43.9 Å². The molecule has 0 aliphatic carbocycles. The summed E-state index contributed by atoms with van der Waals surface area (Å²) in [5.74, 6) is 0. The fraction of sp³-hybridized carbons (Fsp3) is 0.611. The Hall–Kier alpha value is -1.55. The molecule has 22 heavy (non-hydrogen) atoms. The summed E-state index contributed by atoms with van der Waals surface area (Å²) in [7, 11) is 0. The molecule has 0 bridgehead atoms. The quantitative estimate of drug-likeness (QED) is 0.868. The van der Waals surface area contributed by atoms with Crippen molar-refractivity contribution in [2.45, 2.75) is 52.7 Å². The number of nitrogens with zero attached hydrogens (tertiary/aromatic N) is 1. The molecule has 0 aromatic heterocycles.